The maximum absolute atomic E-state index is 6.00. The Morgan fingerprint density at radius 1 is 1.26 bits per heavy atom. The molecule has 4 heteroatoms. The number of hydrogen-bond acceptors (Lipinski definition) is 4. The van der Waals surface area contributed by atoms with Crippen LogP contribution in [0.25, 0.3) is 0 Å². The smallest absolute Gasteiger partial charge is 0.0739 e. The summed E-state index contributed by atoms with van der Waals surface area (Å²) in [6.07, 6.45) is 7.97. The first kappa shape index (κ1) is 13.6. The van der Waals surface area contributed by atoms with Crippen LogP contribution in [0.2, 0.25) is 0 Å². The molecule has 1 aliphatic carbocycles. The number of likely N-dealkylation sites (tertiary alicyclic amines) is 1. The molecule has 2 heterocycles. The lowest BCUT2D eigenvalue weighted by molar-refractivity contribution is 0.0776. The molecular formula is C15H25N3S. The third-order valence-electron chi connectivity index (χ3n) is 5.07. The fraction of sp³-hybridized carbons (Fsp3) is 0.733. The summed E-state index contributed by atoms with van der Waals surface area (Å²) in [5.41, 5.74) is 4.83. The molecule has 1 saturated carbocycles. The van der Waals surface area contributed by atoms with Gasteiger partial charge < -0.3 is 0 Å². The van der Waals surface area contributed by atoms with Gasteiger partial charge in [0.15, 0.2) is 0 Å². The fourth-order valence-electron chi connectivity index (χ4n) is 4.09. The predicted molar refractivity (Wildman–Crippen MR) is 81.1 cm³/mol. The standard InChI is InChI=1S/C15H25N3S/c1-12-6-11-19-13(12)14(17-16)15(7-2-3-8-15)18-9-4-5-10-18/h6,11,14,17H,2-5,7-10,16H2,1H3. The maximum Gasteiger partial charge on any atom is 0.0739 e. The van der Waals surface area contributed by atoms with Crippen molar-refractivity contribution in [2.75, 3.05) is 13.1 Å². The van der Waals surface area contributed by atoms with E-state index in [2.05, 4.69) is 28.7 Å². The highest BCUT2D eigenvalue weighted by molar-refractivity contribution is 7.10. The van der Waals surface area contributed by atoms with Crippen molar-refractivity contribution in [1.82, 2.24) is 10.3 Å². The van der Waals surface area contributed by atoms with Gasteiger partial charge in [0, 0.05) is 10.4 Å². The monoisotopic (exact) mass is 279 g/mol. The molecule has 1 unspecified atom stereocenters. The van der Waals surface area contributed by atoms with Gasteiger partial charge in [-0.15, -0.1) is 11.3 Å². The topological polar surface area (TPSA) is 41.3 Å². The van der Waals surface area contributed by atoms with E-state index >= 15 is 0 Å². The van der Waals surface area contributed by atoms with Crippen molar-refractivity contribution in [3.8, 4) is 0 Å². The maximum atomic E-state index is 6.00. The first-order valence-corrected chi connectivity index (χ1v) is 8.41. The first-order valence-electron chi connectivity index (χ1n) is 7.53. The van der Waals surface area contributed by atoms with E-state index < -0.39 is 0 Å². The second kappa shape index (κ2) is 5.52. The predicted octanol–water partition coefficient (Wildman–Crippen LogP) is 2.97. The van der Waals surface area contributed by atoms with Crippen LogP contribution in [0.15, 0.2) is 11.4 Å². The van der Waals surface area contributed by atoms with Crippen LogP contribution in [0.1, 0.15) is 55.0 Å². The third-order valence-corrected chi connectivity index (χ3v) is 6.16. The van der Waals surface area contributed by atoms with Gasteiger partial charge >= 0.3 is 0 Å². The van der Waals surface area contributed by atoms with Crippen molar-refractivity contribution in [1.29, 1.82) is 0 Å². The number of hydrazine groups is 1. The lowest BCUT2D eigenvalue weighted by Crippen LogP contribution is -2.55. The zero-order valence-electron chi connectivity index (χ0n) is 11.8. The summed E-state index contributed by atoms with van der Waals surface area (Å²) in [5, 5.41) is 2.20. The van der Waals surface area contributed by atoms with Crippen molar-refractivity contribution in [3.63, 3.8) is 0 Å². The molecule has 106 valence electrons. The van der Waals surface area contributed by atoms with Gasteiger partial charge in [0.25, 0.3) is 0 Å². The van der Waals surface area contributed by atoms with E-state index in [1.807, 2.05) is 11.3 Å². The molecule has 2 aliphatic rings. The fourth-order valence-corrected chi connectivity index (χ4v) is 5.19. The van der Waals surface area contributed by atoms with Gasteiger partial charge in [-0.1, -0.05) is 12.8 Å². The minimum absolute atomic E-state index is 0.265. The first-order chi connectivity index (χ1) is 9.28. The van der Waals surface area contributed by atoms with E-state index in [4.69, 9.17) is 5.84 Å². The van der Waals surface area contributed by atoms with E-state index in [0.717, 1.165) is 0 Å². The van der Waals surface area contributed by atoms with Gasteiger partial charge in [-0.05, 0) is 62.7 Å². The van der Waals surface area contributed by atoms with E-state index in [1.54, 1.807) is 0 Å². The summed E-state index contributed by atoms with van der Waals surface area (Å²) in [4.78, 5) is 4.17. The summed E-state index contributed by atoms with van der Waals surface area (Å²) >= 11 is 1.86. The SMILES string of the molecule is Cc1ccsc1C(NN)C1(N2CCCC2)CCCC1. The summed E-state index contributed by atoms with van der Waals surface area (Å²) in [5.74, 6) is 6.00. The molecule has 1 aliphatic heterocycles. The normalized spacial score (nSPS) is 24.9. The largest absolute Gasteiger partial charge is 0.296 e. The molecule has 0 bridgehead atoms. The quantitative estimate of drug-likeness (QED) is 0.657. The van der Waals surface area contributed by atoms with Crippen molar-refractivity contribution in [2.45, 2.75) is 57.0 Å². The average molecular weight is 279 g/mol. The highest BCUT2D eigenvalue weighted by Crippen LogP contribution is 2.47. The molecule has 3 rings (SSSR count). The molecule has 0 spiro atoms. The van der Waals surface area contributed by atoms with Crippen LogP contribution in [0.4, 0.5) is 0 Å². The second-order valence-electron chi connectivity index (χ2n) is 6.07. The summed E-state index contributed by atoms with van der Waals surface area (Å²) in [6.45, 7) is 4.72. The zero-order valence-corrected chi connectivity index (χ0v) is 12.6. The Hall–Kier alpha value is -0.420. The van der Waals surface area contributed by atoms with Gasteiger partial charge in [-0.3, -0.25) is 16.2 Å². The van der Waals surface area contributed by atoms with Crippen molar-refractivity contribution >= 4 is 11.3 Å². The van der Waals surface area contributed by atoms with Crippen LogP contribution >= 0.6 is 11.3 Å². The Morgan fingerprint density at radius 2 is 1.95 bits per heavy atom. The van der Waals surface area contributed by atoms with Crippen molar-refractivity contribution < 1.29 is 0 Å². The van der Waals surface area contributed by atoms with Gasteiger partial charge in [0.1, 0.15) is 0 Å². The molecule has 3 N–H and O–H groups in total. The number of nitrogens with zero attached hydrogens (tertiary/aromatic N) is 1. The van der Waals surface area contributed by atoms with Crippen molar-refractivity contribution in [3.05, 3.63) is 21.9 Å². The molecule has 2 fully saturated rings. The molecule has 3 nitrogen and oxygen atoms in total. The van der Waals surface area contributed by atoms with Crippen LogP contribution in [-0.4, -0.2) is 23.5 Å². The lowest BCUT2D eigenvalue weighted by Gasteiger charge is -2.44. The molecule has 1 atom stereocenters. The molecule has 0 aromatic carbocycles. The zero-order chi connectivity index (χ0) is 13.3. The van der Waals surface area contributed by atoms with Crippen LogP contribution < -0.4 is 11.3 Å². The number of nitrogens with one attached hydrogen (secondary N) is 1. The molecule has 1 aromatic rings. The summed E-state index contributed by atoms with van der Waals surface area (Å²) in [7, 11) is 0. The summed E-state index contributed by atoms with van der Waals surface area (Å²) < 4.78 is 0. The van der Waals surface area contributed by atoms with Gasteiger partial charge in [0.05, 0.1) is 6.04 Å². The summed E-state index contributed by atoms with van der Waals surface area (Å²) in [6, 6.07) is 2.52. The van der Waals surface area contributed by atoms with Gasteiger partial charge in [-0.2, -0.15) is 0 Å². The van der Waals surface area contributed by atoms with E-state index in [0.29, 0.717) is 6.04 Å². The molecule has 19 heavy (non-hydrogen) atoms. The Balaban J connectivity index is 1.95. The van der Waals surface area contributed by atoms with Gasteiger partial charge in [0.2, 0.25) is 0 Å². The second-order valence-corrected chi connectivity index (χ2v) is 7.02. The number of aryl methyl sites for hydroxylation is 1. The number of nitrogens with two attached hydrogens (primary N) is 1. The highest BCUT2D eigenvalue weighted by atomic mass is 32.1. The van der Waals surface area contributed by atoms with Crippen LogP contribution in [0.5, 0.6) is 0 Å². The molecular weight excluding hydrogens is 254 g/mol. The Labute approximate surface area is 120 Å². The molecule has 1 aromatic heterocycles. The van der Waals surface area contributed by atoms with Gasteiger partial charge in [-0.25, -0.2) is 0 Å². The minimum atomic E-state index is 0.265. The van der Waals surface area contributed by atoms with Crippen LogP contribution in [0, 0.1) is 6.92 Å². The Morgan fingerprint density at radius 3 is 2.47 bits per heavy atom. The third kappa shape index (κ3) is 2.25. The van der Waals surface area contributed by atoms with E-state index in [9.17, 15) is 0 Å². The average Bonchev–Trinajstić information content (AvgIpc) is 3.12. The Bertz CT molecular complexity index is 417. The lowest BCUT2D eigenvalue weighted by atomic mass is 9.84. The molecule has 0 amide bonds. The number of thiophene rings is 1. The highest BCUT2D eigenvalue weighted by Gasteiger charge is 2.47. The van der Waals surface area contributed by atoms with Crippen LogP contribution in [0.3, 0.4) is 0 Å². The number of hydrogen-bond donors (Lipinski definition) is 2. The molecule has 1 saturated heterocycles. The van der Waals surface area contributed by atoms with Crippen molar-refractivity contribution in [2.24, 2.45) is 5.84 Å². The minimum Gasteiger partial charge on any atom is -0.296 e. The van der Waals surface area contributed by atoms with E-state index in [-0.39, 0.29) is 5.54 Å². The Kier molecular flexibility index (Phi) is 3.94. The molecule has 0 radical (unpaired) electrons. The number of rotatable bonds is 4. The van der Waals surface area contributed by atoms with E-state index in [1.165, 1.54) is 62.1 Å². The van der Waals surface area contributed by atoms with Crippen LogP contribution in [-0.2, 0) is 0 Å².